The van der Waals surface area contributed by atoms with Crippen LogP contribution in [0.1, 0.15) is 0 Å². The van der Waals surface area contributed by atoms with Gasteiger partial charge in [-0.1, -0.05) is 0 Å². The number of hydrogen-bond donors (Lipinski definition) is 0. The number of hydrogen-bond acceptors (Lipinski definition) is 2. The third-order valence-electron chi connectivity index (χ3n) is 1.27. The van der Waals surface area contributed by atoms with Crippen molar-refractivity contribution >= 4 is 36.2 Å². The molecule has 0 atom stereocenters. The van der Waals surface area contributed by atoms with Gasteiger partial charge in [-0.2, -0.15) is 0 Å². The fraction of sp³-hybridized carbons (Fsp3) is 0. The summed E-state index contributed by atoms with van der Waals surface area (Å²) in [5, 5.41) is 3.26. The Morgan fingerprint density at radius 1 is 1.33 bits per heavy atom. The summed E-state index contributed by atoms with van der Waals surface area (Å²) in [4.78, 5) is 3.95. The number of thiophene rings is 1. The topological polar surface area (TPSA) is 17.8 Å². The van der Waals surface area contributed by atoms with Gasteiger partial charge < -0.3 is 0 Å². The monoisotopic (exact) mass is 222 g/mol. The Bertz CT molecular complexity index is 259. The van der Waals surface area contributed by atoms with E-state index in [1.807, 2.05) is 16.8 Å². The summed E-state index contributed by atoms with van der Waals surface area (Å²) in [7, 11) is 0. The smallest absolute Gasteiger partial charge is 0.100 e. The van der Waals surface area contributed by atoms with Crippen LogP contribution in [-0.2, 0) is 0 Å². The molecule has 0 bridgehead atoms. The van der Waals surface area contributed by atoms with Crippen LogP contribution in [0.15, 0.2) is 36.2 Å². The molecule has 0 aliphatic carbocycles. The Morgan fingerprint density at radius 2 is 2.17 bits per heavy atom. The van der Waals surface area contributed by atoms with Crippen LogP contribution in [0.5, 0.6) is 0 Å². The van der Waals surface area contributed by atoms with Crippen molar-refractivity contribution in [3.8, 4) is 5.00 Å². The van der Waals surface area contributed by atoms with Gasteiger partial charge in [0.15, 0.2) is 0 Å². The maximum Gasteiger partial charge on any atom is 0.100 e. The van der Waals surface area contributed by atoms with E-state index in [9.17, 15) is 0 Å². The third kappa shape index (κ3) is 2.24. The number of imidazole rings is 1. The van der Waals surface area contributed by atoms with E-state index in [0.717, 1.165) is 0 Å². The second-order valence-corrected chi connectivity index (χ2v) is 2.85. The molecule has 0 aromatic carbocycles. The second-order valence-electron chi connectivity index (χ2n) is 1.92. The van der Waals surface area contributed by atoms with Gasteiger partial charge in [-0.3, -0.25) is 4.57 Å². The molecule has 0 N–H and O–H groups in total. The van der Waals surface area contributed by atoms with E-state index in [1.165, 1.54) is 5.00 Å². The zero-order valence-corrected chi connectivity index (χ0v) is 8.53. The zero-order valence-electron chi connectivity index (χ0n) is 6.08. The van der Waals surface area contributed by atoms with Crippen LogP contribution in [0.3, 0.4) is 0 Å². The Morgan fingerprint density at radius 3 is 2.67 bits per heavy atom. The van der Waals surface area contributed by atoms with Crippen LogP contribution in [-0.4, -0.2) is 9.55 Å². The molecule has 0 saturated heterocycles. The van der Waals surface area contributed by atoms with Gasteiger partial charge in [-0.15, -0.1) is 36.2 Å². The molecule has 2 heterocycles. The SMILES string of the molecule is Cl.Cl.c1csc(-n2ccnc2)c1. The molecule has 2 rings (SSSR count). The highest BCUT2D eigenvalue weighted by molar-refractivity contribution is 7.12. The second kappa shape index (κ2) is 5.19. The molecule has 0 spiro atoms. The highest BCUT2D eigenvalue weighted by Crippen LogP contribution is 2.13. The maximum absolute atomic E-state index is 3.95. The van der Waals surface area contributed by atoms with Crippen LogP contribution in [0.2, 0.25) is 0 Å². The van der Waals surface area contributed by atoms with Crippen molar-refractivity contribution in [2.45, 2.75) is 0 Å². The Balaban J connectivity index is 0.000000605. The predicted molar refractivity (Wildman–Crippen MR) is 55.9 cm³/mol. The minimum absolute atomic E-state index is 0. The molecule has 0 aliphatic rings. The van der Waals surface area contributed by atoms with Crippen LogP contribution < -0.4 is 0 Å². The van der Waals surface area contributed by atoms with Gasteiger partial charge in [-0.05, 0) is 17.5 Å². The molecular formula is C7H8Cl2N2S. The minimum Gasteiger partial charge on any atom is -0.298 e. The zero-order chi connectivity index (χ0) is 6.81. The van der Waals surface area contributed by atoms with Gasteiger partial charge in [0.05, 0.1) is 6.33 Å². The number of halogens is 2. The molecule has 0 amide bonds. The summed E-state index contributed by atoms with van der Waals surface area (Å²) >= 11 is 1.70. The molecule has 2 aromatic heterocycles. The molecule has 0 fully saturated rings. The van der Waals surface area contributed by atoms with Gasteiger partial charge in [0.2, 0.25) is 0 Å². The van der Waals surface area contributed by atoms with E-state index in [2.05, 4.69) is 16.4 Å². The van der Waals surface area contributed by atoms with Crippen molar-refractivity contribution in [3.05, 3.63) is 36.2 Å². The van der Waals surface area contributed by atoms with Crippen LogP contribution >= 0.6 is 36.2 Å². The van der Waals surface area contributed by atoms with Gasteiger partial charge in [0, 0.05) is 12.4 Å². The average Bonchev–Trinajstić information content (AvgIpc) is 2.59. The van der Waals surface area contributed by atoms with Crippen molar-refractivity contribution < 1.29 is 0 Å². The summed E-state index contributed by atoms with van der Waals surface area (Å²) in [6.45, 7) is 0. The summed E-state index contributed by atoms with van der Waals surface area (Å²) < 4.78 is 1.99. The molecule has 2 aromatic rings. The first kappa shape index (κ1) is 11.5. The highest BCUT2D eigenvalue weighted by Gasteiger charge is 1.92. The van der Waals surface area contributed by atoms with E-state index in [-0.39, 0.29) is 24.8 Å². The lowest BCUT2D eigenvalue weighted by atomic mass is 10.6. The number of nitrogens with zero attached hydrogens (tertiary/aromatic N) is 2. The standard InChI is InChI=1S/C7H6N2S.2ClH/c1-2-7(10-5-1)9-4-3-8-6-9;;/h1-6H;2*1H. The number of aromatic nitrogens is 2. The first-order chi connectivity index (χ1) is 4.97. The predicted octanol–water partition coefficient (Wildman–Crippen LogP) is 2.78. The highest BCUT2D eigenvalue weighted by atomic mass is 35.5. The Labute approximate surface area is 87.1 Å². The first-order valence-corrected chi connectivity index (χ1v) is 3.86. The quantitative estimate of drug-likeness (QED) is 0.726. The summed E-state index contributed by atoms with van der Waals surface area (Å²) in [5.41, 5.74) is 0. The van der Waals surface area contributed by atoms with Gasteiger partial charge in [-0.25, -0.2) is 4.98 Å². The van der Waals surface area contributed by atoms with Crippen molar-refractivity contribution in [2.24, 2.45) is 0 Å². The molecule has 0 radical (unpaired) electrons. The molecule has 2 nitrogen and oxygen atoms in total. The molecule has 66 valence electrons. The Kier molecular flexibility index (Phi) is 4.97. The average molecular weight is 223 g/mol. The third-order valence-corrected chi connectivity index (χ3v) is 2.15. The van der Waals surface area contributed by atoms with Crippen molar-refractivity contribution in [1.29, 1.82) is 0 Å². The van der Waals surface area contributed by atoms with Crippen LogP contribution in [0, 0.1) is 0 Å². The van der Waals surface area contributed by atoms with Crippen molar-refractivity contribution in [1.82, 2.24) is 9.55 Å². The fourth-order valence-electron chi connectivity index (χ4n) is 0.806. The lowest BCUT2D eigenvalue weighted by molar-refractivity contribution is 1.09. The lowest BCUT2D eigenvalue weighted by Gasteiger charge is -1.92. The molecule has 0 aliphatic heterocycles. The summed E-state index contributed by atoms with van der Waals surface area (Å²) in [5.74, 6) is 0. The van der Waals surface area contributed by atoms with Crippen molar-refractivity contribution in [3.63, 3.8) is 0 Å². The molecule has 0 unspecified atom stereocenters. The molecule has 12 heavy (non-hydrogen) atoms. The largest absolute Gasteiger partial charge is 0.298 e. The van der Waals surface area contributed by atoms with Gasteiger partial charge >= 0.3 is 0 Å². The van der Waals surface area contributed by atoms with Crippen LogP contribution in [0.25, 0.3) is 5.00 Å². The minimum atomic E-state index is 0. The molecule has 0 saturated carbocycles. The summed E-state index contributed by atoms with van der Waals surface area (Å²) in [6.07, 6.45) is 5.51. The van der Waals surface area contributed by atoms with Crippen LogP contribution in [0.4, 0.5) is 0 Å². The van der Waals surface area contributed by atoms with E-state index >= 15 is 0 Å². The van der Waals surface area contributed by atoms with Gasteiger partial charge in [0.25, 0.3) is 0 Å². The molecule has 5 heteroatoms. The summed E-state index contributed by atoms with van der Waals surface area (Å²) in [6, 6.07) is 4.09. The van der Waals surface area contributed by atoms with E-state index < -0.39 is 0 Å². The number of rotatable bonds is 1. The van der Waals surface area contributed by atoms with Gasteiger partial charge in [0.1, 0.15) is 5.00 Å². The maximum atomic E-state index is 3.95. The first-order valence-electron chi connectivity index (χ1n) is 2.98. The van der Waals surface area contributed by atoms with E-state index in [4.69, 9.17) is 0 Å². The Hall–Kier alpha value is -0.510. The van der Waals surface area contributed by atoms with Crippen molar-refractivity contribution in [2.75, 3.05) is 0 Å². The van der Waals surface area contributed by atoms with E-state index in [0.29, 0.717) is 0 Å². The lowest BCUT2D eigenvalue weighted by Crippen LogP contribution is -1.82. The fourth-order valence-corrected chi connectivity index (χ4v) is 1.49. The van der Waals surface area contributed by atoms with E-state index in [1.54, 1.807) is 23.9 Å². The normalized spacial score (nSPS) is 8.33. The molecular weight excluding hydrogens is 215 g/mol.